The summed E-state index contributed by atoms with van der Waals surface area (Å²) in [5.74, 6) is -0.517. The number of esters is 1. The first-order valence-corrected chi connectivity index (χ1v) is 6.11. The largest absolute Gasteiger partial charge is 0.508 e. The van der Waals surface area contributed by atoms with Crippen molar-refractivity contribution in [2.75, 3.05) is 6.61 Å². The molecule has 0 aliphatic carbocycles. The van der Waals surface area contributed by atoms with Gasteiger partial charge in [-0.3, -0.25) is 4.79 Å². The number of carbonyl (C=O) groups is 2. The molecule has 0 spiro atoms. The van der Waals surface area contributed by atoms with Gasteiger partial charge in [0.05, 0.1) is 5.56 Å². The van der Waals surface area contributed by atoms with Crippen LogP contribution in [0.2, 0.25) is 0 Å². The van der Waals surface area contributed by atoms with E-state index in [1.165, 1.54) is 24.3 Å². The number of hydrogen-bond acceptors (Lipinski definition) is 4. The summed E-state index contributed by atoms with van der Waals surface area (Å²) in [6.45, 7) is 1.89. The van der Waals surface area contributed by atoms with Crippen LogP contribution in [0.25, 0.3) is 0 Å². The van der Waals surface area contributed by atoms with E-state index in [-0.39, 0.29) is 18.1 Å². The van der Waals surface area contributed by atoms with Crippen molar-refractivity contribution in [3.8, 4) is 5.75 Å². The van der Waals surface area contributed by atoms with Gasteiger partial charge >= 0.3 is 5.97 Å². The number of hydrogen-bond donors (Lipinski definition) is 1. The Bertz CT molecular complexity index is 395. The van der Waals surface area contributed by atoms with Gasteiger partial charge in [0.25, 0.3) is 0 Å². The summed E-state index contributed by atoms with van der Waals surface area (Å²) in [5.41, 5.74) is 0.328. The van der Waals surface area contributed by atoms with Crippen LogP contribution in [-0.2, 0) is 9.53 Å². The first-order chi connectivity index (χ1) is 8.63. The lowest BCUT2D eigenvalue weighted by Crippen LogP contribution is -2.13. The van der Waals surface area contributed by atoms with Crippen LogP contribution in [0.5, 0.6) is 5.75 Å². The van der Waals surface area contributed by atoms with Gasteiger partial charge < -0.3 is 9.84 Å². The van der Waals surface area contributed by atoms with Crippen molar-refractivity contribution >= 4 is 11.8 Å². The number of ketones is 1. The second kappa shape index (κ2) is 7.48. The maximum Gasteiger partial charge on any atom is 0.338 e. The number of ether oxygens (including phenoxy) is 1. The molecule has 1 rings (SSSR count). The van der Waals surface area contributed by atoms with Gasteiger partial charge in [0.1, 0.15) is 12.4 Å². The van der Waals surface area contributed by atoms with E-state index in [4.69, 9.17) is 9.84 Å². The van der Waals surface area contributed by atoms with Crippen molar-refractivity contribution in [2.45, 2.75) is 32.6 Å². The third kappa shape index (κ3) is 4.99. The van der Waals surface area contributed by atoms with E-state index in [2.05, 4.69) is 6.92 Å². The van der Waals surface area contributed by atoms with E-state index in [0.717, 1.165) is 19.3 Å². The van der Waals surface area contributed by atoms with Crippen LogP contribution >= 0.6 is 0 Å². The molecule has 0 heterocycles. The summed E-state index contributed by atoms with van der Waals surface area (Å²) >= 11 is 0. The average Bonchev–Trinajstić information content (AvgIpc) is 2.37. The smallest absolute Gasteiger partial charge is 0.338 e. The fourth-order valence-electron chi connectivity index (χ4n) is 1.47. The first-order valence-electron chi connectivity index (χ1n) is 6.11. The highest BCUT2D eigenvalue weighted by molar-refractivity contribution is 5.91. The van der Waals surface area contributed by atoms with Crippen molar-refractivity contribution < 1.29 is 19.4 Å². The molecule has 0 unspecified atom stereocenters. The number of benzene rings is 1. The van der Waals surface area contributed by atoms with Gasteiger partial charge in [0, 0.05) is 6.42 Å². The molecule has 0 aromatic heterocycles. The van der Waals surface area contributed by atoms with Crippen LogP contribution < -0.4 is 0 Å². The van der Waals surface area contributed by atoms with Crippen molar-refractivity contribution in [1.82, 2.24) is 0 Å². The molecule has 0 aliphatic heterocycles. The van der Waals surface area contributed by atoms with E-state index in [1.807, 2.05) is 0 Å². The Balaban J connectivity index is 2.32. The van der Waals surface area contributed by atoms with Crippen LogP contribution in [0.1, 0.15) is 43.0 Å². The third-order valence-corrected chi connectivity index (χ3v) is 2.53. The van der Waals surface area contributed by atoms with E-state index in [9.17, 15) is 9.59 Å². The molecule has 0 radical (unpaired) electrons. The highest BCUT2D eigenvalue weighted by Crippen LogP contribution is 2.10. The molecule has 0 atom stereocenters. The molecule has 1 aromatic carbocycles. The first kappa shape index (κ1) is 14.2. The molecule has 1 aromatic rings. The molecule has 0 saturated carbocycles. The molecular weight excluding hydrogens is 232 g/mol. The molecule has 18 heavy (non-hydrogen) atoms. The average molecular weight is 250 g/mol. The van der Waals surface area contributed by atoms with Crippen LogP contribution in [0.4, 0.5) is 0 Å². The van der Waals surface area contributed by atoms with Crippen LogP contribution in [0.3, 0.4) is 0 Å². The van der Waals surface area contributed by atoms with Gasteiger partial charge in [-0.25, -0.2) is 4.79 Å². The zero-order valence-electron chi connectivity index (χ0n) is 10.5. The molecule has 4 nitrogen and oxygen atoms in total. The van der Waals surface area contributed by atoms with Crippen LogP contribution in [0, 0.1) is 0 Å². The Labute approximate surface area is 107 Å². The number of carbonyl (C=O) groups excluding carboxylic acids is 2. The summed E-state index contributed by atoms with van der Waals surface area (Å²) in [6.07, 6.45) is 3.36. The summed E-state index contributed by atoms with van der Waals surface area (Å²) < 4.78 is 4.89. The van der Waals surface area contributed by atoms with E-state index in [0.29, 0.717) is 12.0 Å². The maximum atomic E-state index is 11.5. The van der Waals surface area contributed by atoms with Gasteiger partial charge in [-0.15, -0.1) is 0 Å². The number of aromatic hydroxyl groups is 1. The number of unbranched alkanes of at least 4 members (excludes halogenated alkanes) is 2. The Hall–Kier alpha value is -1.84. The van der Waals surface area contributed by atoms with Crippen molar-refractivity contribution in [2.24, 2.45) is 0 Å². The molecule has 0 aliphatic rings. The van der Waals surface area contributed by atoms with Crippen molar-refractivity contribution in [1.29, 1.82) is 0 Å². The Morgan fingerprint density at radius 1 is 1.17 bits per heavy atom. The quantitative estimate of drug-likeness (QED) is 0.597. The molecule has 1 N–H and O–H groups in total. The molecule has 0 amide bonds. The van der Waals surface area contributed by atoms with Gasteiger partial charge in [0.15, 0.2) is 5.78 Å². The fourth-order valence-corrected chi connectivity index (χ4v) is 1.47. The van der Waals surface area contributed by atoms with Gasteiger partial charge in [-0.2, -0.15) is 0 Å². The van der Waals surface area contributed by atoms with Gasteiger partial charge in [-0.1, -0.05) is 19.8 Å². The lowest BCUT2D eigenvalue weighted by Gasteiger charge is -2.04. The fraction of sp³-hybridized carbons (Fsp3) is 0.429. The van der Waals surface area contributed by atoms with Gasteiger partial charge in [-0.05, 0) is 30.7 Å². The number of Topliss-reactive ketones (excluding diaryl/α,β-unsaturated/α-hetero) is 1. The zero-order chi connectivity index (χ0) is 13.4. The Kier molecular flexibility index (Phi) is 5.91. The van der Waals surface area contributed by atoms with Crippen molar-refractivity contribution in [3.05, 3.63) is 29.8 Å². The van der Waals surface area contributed by atoms with E-state index >= 15 is 0 Å². The van der Waals surface area contributed by atoms with E-state index < -0.39 is 5.97 Å². The summed E-state index contributed by atoms with van der Waals surface area (Å²) in [6, 6.07) is 5.72. The minimum atomic E-state index is -0.543. The molecule has 0 saturated heterocycles. The Morgan fingerprint density at radius 2 is 1.83 bits per heavy atom. The summed E-state index contributed by atoms with van der Waals surface area (Å²) in [7, 11) is 0. The predicted octanol–water partition coefficient (Wildman–Crippen LogP) is 2.70. The minimum absolute atomic E-state index is 0.0596. The monoisotopic (exact) mass is 250 g/mol. The highest BCUT2D eigenvalue weighted by Gasteiger charge is 2.09. The number of phenolic OH excluding ortho intramolecular Hbond substituents is 1. The third-order valence-electron chi connectivity index (χ3n) is 2.53. The molecular formula is C14H18O4. The second-order valence-corrected chi connectivity index (χ2v) is 4.12. The standard InChI is InChI=1S/C14H18O4/c1-2-3-4-5-13(16)10-18-14(17)11-6-8-12(15)9-7-11/h6-9,15H,2-5,10H2,1H3. The zero-order valence-corrected chi connectivity index (χ0v) is 10.5. The highest BCUT2D eigenvalue weighted by atomic mass is 16.5. The molecule has 0 bridgehead atoms. The number of phenols is 1. The maximum absolute atomic E-state index is 11.5. The van der Waals surface area contributed by atoms with Crippen LogP contribution in [0.15, 0.2) is 24.3 Å². The topological polar surface area (TPSA) is 63.6 Å². The molecule has 4 heteroatoms. The normalized spacial score (nSPS) is 10.1. The minimum Gasteiger partial charge on any atom is -0.508 e. The Morgan fingerprint density at radius 3 is 2.44 bits per heavy atom. The van der Waals surface area contributed by atoms with Gasteiger partial charge in [0.2, 0.25) is 0 Å². The number of rotatable bonds is 7. The second-order valence-electron chi connectivity index (χ2n) is 4.12. The lowest BCUT2D eigenvalue weighted by molar-refractivity contribution is -0.122. The SMILES string of the molecule is CCCCCC(=O)COC(=O)c1ccc(O)cc1. The lowest BCUT2D eigenvalue weighted by atomic mass is 10.1. The predicted molar refractivity (Wildman–Crippen MR) is 67.5 cm³/mol. The van der Waals surface area contributed by atoms with E-state index in [1.54, 1.807) is 0 Å². The molecule has 98 valence electrons. The van der Waals surface area contributed by atoms with Crippen LogP contribution in [-0.4, -0.2) is 23.5 Å². The summed E-state index contributed by atoms with van der Waals surface area (Å²) in [4.78, 5) is 22.9. The summed E-state index contributed by atoms with van der Waals surface area (Å²) in [5, 5.41) is 9.07. The van der Waals surface area contributed by atoms with Crippen molar-refractivity contribution in [3.63, 3.8) is 0 Å². The molecule has 0 fully saturated rings.